The van der Waals surface area contributed by atoms with Gasteiger partial charge in [-0.05, 0) is 55.2 Å². The lowest BCUT2D eigenvalue weighted by atomic mass is 9.62. The zero-order valence-electron chi connectivity index (χ0n) is 18.3. The second-order valence-electron chi connectivity index (χ2n) is 8.95. The van der Waals surface area contributed by atoms with Gasteiger partial charge in [-0.15, -0.1) is 0 Å². The fourth-order valence-electron chi connectivity index (χ4n) is 5.46. The summed E-state index contributed by atoms with van der Waals surface area (Å²) in [6, 6.07) is 6.44. The van der Waals surface area contributed by atoms with E-state index in [2.05, 4.69) is 18.1 Å². The van der Waals surface area contributed by atoms with Crippen LogP contribution in [0.3, 0.4) is 0 Å². The van der Waals surface area contributed by atoms with Crippen molar-refractivity contribution in [3.05, 3.63) is 53.1 Å². The number of benzene rings is 1. The first-order chi connectivity index (χ1) is 15.0. The van der Waals surface area contributed by atoms with Crippen LogP contribution in [0.5, 0.6) is 0 Å². The molecule has 1 aromatic carbocycles. The molecule has 6 nitrogen and oxygen atoms in total. The first kappa shape index (κ1) is 20.8. The third-order valence-corrected chi connectivity index (χ3v) is 7.07. The first-order valence-corrected chi connectivity index (χ1v) is 10.9. The minimum Gasteiger partial charge on any atom is -0.382 e. The fourth-order valence-corrected chi connectivity index (χ4v) is 5.46. The molecule has 7 heteroatoms. The molecule has 31 heavy (non-hydrogen) atoms. The van der Waals surface area contributed by atoms with E-state index in [1.165, 1.54) is 17.7 Å². The molecule has 3 aliphatic rings. The summed E-state index contributed by atoms with van der Waals surface area (Å²) in [6.45, 7) is 3.19. The van der Waals surface area contributed by atoms with Crippen LogP contribution in [-0.2, 0) is 25.4 Å². The first-order valence-electron chi connectivity index (χ1n) is 10.9. The number of halogens is 1. The van der Waals surface area contributed by atoms with E-state index in [0.29, 0.717) is 13.2 Å². The molecule has 1 saturated heterocycles. The van der Waals surface area contributed by atoms with Gasteiger partial charge >= 0.3 is 0 Å². The SMILES string of the molecule is COC[C@@H]1OC2(CCCC3=Cc4c(cnn4-c4ccc(F)cc4)C[C@@]32C)O[C@H]1COC. The molecule has 166 valence electrons. The van der Waals surface area contributed by atoms with Crippen LogP contribution in [0.1, 0.15) is 37.4 Å². The normalized spacial score (nSPS) is 29.0. The van der Waals surface area contributed by atoms with Crippen LogP contribution in [0, 0.1) is 11.2 Å². The number of fused-ring (bicyclic) bond motifs is 3. The maximum atomic E-state index is 13.4. The highest BCUT2D eigenvalue weighted by Crippen LogP contribution is 2.58. The third kappa shape index (κ3) is 3.26. The Kier molecular flexibility index (Phi) is 5.25. The fraction of sp³-hybridized carbons (Fsp3) is 0.542. The van der Waals surface area contributed by atoms with Crippen molar-refractivity contribution in [3.8, 4) is 5.69 Å². The number of hydrogen-bond acceptors (Lipinski definition) is 5. The van der Waals surface area contributed by atoms with E-state index in [0.717, 1.165) is 42.6 Å². The molecule has 2 aromatic rings. The average molecular weight is 429 g/mol. The van der Waals surface area contributed by atoms with Crippen LogP contribution < -0.4 is 0 Å². The summed E-state index contributed by atoms with van der Waals surface area (Å²) in [4.78, 5) is 0. The van der Waals surface area contributed by atoms with Crippen LogP contribution in [-0.4, -0.2) is 55.2 Å². The number of methoxy groups -OCH3 is 2. The van der Waals surface area contributed by atoms with E-state index in [1.54, 1.807) is 26.4 Å². The Morgan fingerprint density at radius 2 is 1.81 bits per heavy atom. The standard InChI is InChI=1S/C24H29FN2O4/c1-23-12-16-13-26-27(19-8-6-18(25)7-9-19)20(16)11-17(23)5-4-10-24(23)30-21(14-28-2)22(31-24)15-29-3/h6-9,11,13,21-22H,4-5,10,12,14-15H2,1-3H3/t21-,22-,23-/m0/s1. The van der Waals surface area contributed by atoms with E-state index in [9.17, 15) is 4.39 Å². The van der Waals surface area contributed by atoms with Gasteiger partial charge in [-0.25, -0.2) is 9.07 Å². The van der Waals surface area contributed by atoms with Crippen LogP contribution in [0.2, 0.25) is 0 Å². The second kappa shape index (κ2) is 7.81. The molecule has 3 atom stereocenters. The molecule has 1 saturated carbocycles. The average Bonchev–Trinajstić information content (AvgIpc) is 3.31. The van der Waals surface area contributed by atoms with E-state index < -0.39 is 5.79 Å². The Labute approximate surface area is 181 Å². The lowest BCUT2D eigenvalue weighted by Crippen LogP contribution is -2.54. The van der Waals surface area contributed by atoms with Gasteiger partial charge in [0.2, 0.25) is 0 Å². The molecule has 2 aliphatic carbocycles. The Balaban J connectivity index is 1.52. The molecule has 0 bridgehead atoms. The van der Waals surface area contributed by atoms with E-state index in [4.69, 9.17) is 18.9 Å². The topological polar surface area (TPSA) is 54.7 Å². The maximum absolute atomic E-state index is 13.4. The number of aromatic nitrogens is 2. The van der Waals surface area contributed by atoms with E-state index in [-0.39, 0.29) is 23.4 Å². The van der Waals surface area contributed by atoms with Crippen LogP contribution in [0.25, 0.3) is 11.8 Å². The molecule has 2 fully saturated rings. The summed E-state index contributed by atoms with van der Waals surface area (Å²) < 4.78 is 39.4. The zero-order valence-corrected chi connectivity index (χ0v) is 18.3. The summed E-state index contributed by atoms with van der Waals surface area (Å²) >= 11 is 0. The Morgan fingerprint density at radius 3 is 2.45 bits per heavy atom. The minimum absolute atomic E-state index is 0.163. The molecule has 1 aliphatic heterocycles. The van der Waals surface area contributed by atoms with Crippen molar-refractivity contribution in [1.29, 1.82) is 0 Å². The van der Waals surface area contributed by atoms with E-state index in [1.807, 2.05) is 10.9 Å². The highest BCUT2D eigenvalue weighted by molar-refractivity contribution is 5.62. The molecule has 2 heterocycles. The molecular formula is C24H29FN2O4. The van der Waals surface area contributed by atoms with Gasteiger partial charge in [0.05, 0.1) is 30.8 Å². The van der Waals surface area contributed by atoms with Crippen LogP contribution in [0.4, 0.5) is 4.39 Å². The summed E-state index contributed by atoms with van der Waals surface area (Å²) in [5.74, 6) is -0.962. The molecule has 5 rings (SSSR count). The van der Waals surface area contributed by atoms with E-state index >= 15 is 0 Å². The summed E-state index contributed by atoms with van der Waals surface area (Å²) in [6.07, 6.45) is 7.40. The summed E-state index contributed by atoms with van der Waals surface area (Å²) in [7, 11) is 3.37. The van der Waals surface area contributed by atoms with Crippen molar-refractivity contribution in [1.82, 2.24) is 9.78 Å². The number of rotatable bonds is 5. The van der Waals surface area contributed by atoms with Crippen LogP contribution in [0.15, 0.2) is 36.0 Å². The third-order valence-electron chi connectivity index (χ3n) is 7.07. The molecule has 1 spiro atoms. The van der Waals surface area contributed by atoms with Crippen molar-refractivity contribution in [2.75, 3.05) is 27.4 Å². The second-order valence-corrected chi connectivity index (χ2v) is 8.95. The van der Waals surface area contributed by atoms with Gasteiger partial charge in [0.1, 0.15) is 18.0 Å². The zero-order chi connectivity index (χ0) is 21.6. The predicted octanol–water partition coefficient (Wildman–Crippen LogP) is 3.91. The summed E-state index contributed by atoms with van der Waals surface area (Å²) in [5, 5.41) is 4.62. The highest BCUT2D eigenvalue weighted by Gasteiger charge is 2.61. The number of nitrogens with zero attached hydrogens (tertiary/aromatic N) is 2. The monoisotopic (exact) mass is 428 g/mol. The van der Waals surface area contributed by atoms with Gasteiger partial charge in [-0.2, -0.15) is 5.10 Å². The van der Waals surface area contributed by atoms with Gasteiger partial charge in [0.15, 0.2) is 5.79 Å². The molecule has 0 radical (unpaired) electrons. The van der Waals surface area contributed by atoms with Gasteiger partial charge in [-0.1, -0.05) is 12.5 Å². The quantitative estimate of drug-likeness (QED) is 0.723. The van der Waals surface area contributed by atoms with Crippen molar-refractivity contribution in [2.45, 2.75) is 50.6 Å². The molecular weight excluding hydrogens is 399 g/mol. The lowest BCUT2D eigenvalue weighted by Gasteiger charge is -2.51. The number of hydrogen-bond donors (Lipinski definition) is 0. The van der Waals surface area contributed by atoms with Crippen molar-refractivity contribution < 1.29 is 23.3 Å². The number of ether oxygens (including phenoxy) is 4. The van der Waals surface area contributed by atoms with Gasteiger partial charge in [-0.3, -0.25) is 0 Å². The lowest BCUT2D eigenvalue weighted by molar-refractivity contribution is -0.251. The Morgan fingerprint density at radius 1 is 1.13 bits per heavy atom. The van der Waals surface area contributed by atoms with Crippen molar-refractivity contribution in [3.63, 3.8) is 0 Å². The Hall–Kier alpha value is -2.06. The van der Waals surface area contributed by atoms with Crippen LogP contribution >= 0.6 is 0 Å². The maximum Gasteiger partial charge on any atom is 0.178 e. The molecule has 0 unspecified atom stereocenters. The van der Waals surface area contributed by atoms with Gasteiger partial charge in [0, 0.05) is 26.1 Å². The van der Waals surface area contributed by atoms with Crippen molar-refractivity contribution >= 4 is 6.08 Å². The molecule has 0 N–H and O–H groups in total. The van der Waals surface area contributed by atoms with Gasteiger partial charge < -0.3 is 18.9 Å². The Bertz CT molecular complexity index is 972. The summed E-state index contributed by atoms with van der Waals surface area (Å²) in [5.41, 5.74) is 4.05. The van der Waals surface area contributed by atoms with Crippen molar-refractivity contribution in [2.24, 2.45) is 5.41 Å². The minimum atomic E-state index is -0.709. The molecule has 1 aromatic heterocycles. The van der Waals surface area contributed by atoms with Gasteiger partial charge in [0.25, 0.3) is 0 Å². The molecule has 0 amide bonds. The highest BCUT2D eigenvalue weighted by atomic mass is 19.1. The largest absolute Gasteiger partial charge is 0.382 e. The predicted molar refractivity (Wildman–Crippen MR) is 113 cm³/mol. The smallest absolute Gasteiger partial charge is 0.178 e.